The van der Waals surface area contributed by atoms with Gasteiger partial charge >= 0.3 is 0 Å². The predicted octanol–water partition coefficient (Wildman–Crippen LogP) is 2.15. The zero-order valence-corrected chi connectivity index (χ0v) is 8.62. The lowest BCUT2D eigenvalue weighted by Gasteiger charge is -2.26. The lowest BCUT2D eigenvalue weighted by Crippen LogP contribution is -2.33. The van der Waals surface area contributed by atoms with E-state index in [1.54, 1.807) is 0 Å². The average molecular weight is 184 g/mol. The summed E-state index contributed by atoms with van der Waals surface area (Å²) in [6.07, 6.45) is 4.97. The van der Waals surface area contributed by atoms with Gasteiger partial charge in [-0.3, -0.25) is 4.79 Å². The number of rotatable bonds is 3. The standard InChI is InChI=1S/C11H20O2/c1-8(2)10(12)11(13)9-6-4-3-5-7-9/h8-9,11,13H,3-7H2,1-2H3/t11-/m1/s1. The summed E-state index contributed by atoms with van der Waals surface area (Å²) >= 11 is 0. The first-order valence-electron chi connectivity index (χ1n) is 5.34. The molecule has 0 bridgehead atoms. The van der Waals surface area contributed by atoms with Crippen LogP contribution in [0.3, 0.4) is 0 Å². The number of carbonyl (C=O) groups excluding carboxylic acids is 1. The minimum absolute atomic E-state index is 0.0203. The molecule has 76 valence electrons. The Morgan fingerprint density at radius 1 is 1.23 bits per heavy atom. The van der Waals surface area contributed by atoms with Crippen molar-refractivity contribution in [2.24, 2.45) is 11.8 Å². The molecule has 1 fully saturated rings. The van der Waals surface area contributed by atoms with Crippen molar-refractivity contribution in [3.05, 3.63) is 0 Å². The van der Waals surface area contributed by atoms with Crippen LogP contribution in [0.4, 0.5) is 0 Å². The van der Waals surface area contributed by atoms with Crippen molar-refractivity contribution >= 4 is 5.78 Å². The van der Waals surface area contributed by atoms with E-state index in [0.717, 1.165) is 12.8 Å². The molecule has 0 heterocycles. The number of hydrogen-bond acceptors (Lipinski definition) is 2. The Morgan fingerprint density at radius 3 is 2.23 bits per heavy atom. The number of Topliss-reactive ketones (excluding diaryl/α,β-unsaturated/α-hetero) is 1. The van der Waals surface area contributed by atoms with Gasteiger partial charge in [-0.2, -0.15) is 0 Å². The number of aliphatic hydroxyl groups is 1. The SMILES string of the molecule is CC(C)C(=O)[C@H](O)C1CCCCC1. The summed E-state index contributed by atoms with van der Waals surface area (Å²) in [5, 5.41) is 9.76. The summed E-state index contributed by atoms with van der Waals surface area (Å²) < 4.78 is 0. The Balaban J connectivity index is 2.45. The number of hydrogen-bond donors (Lipinski definition) is 1. The van der Waals surface area contributed by atoms with E-state index in [2.05, 4.69) is 0 Å². The maximum Gasteiger partial charge on any atom is 0.164 e. The fourth-order valence-corrected chi connectivity index (χ4v) is 2.02. The Morgan fingerprint density at radius 2 is 1.77 bits per heavy atom. The predicted molar refractivity (Wildman–Crippen MR) is 52.4 cm³/mol. The second-order valence-corrected chi connectivity index (χ2v) is 4.40. The maximum atomic E-state index is 11.5. The Kier molecular flexibility index (Phi) is 3.91. The molecule has 0 aromatic rings. The van der Waals surface area contributed by atoms with Crippen molar-refractivity contribution in [3.63, 3.8) is 0 Å². The van der Waals surface area contributed by atoms with Crippen LogP contribution in [-0.4, -0.2) is 17.0 Å². The smallest absolute Gasteiger partial charge is 0.164 e. The zero-order chi connectivity index (χ0) is 9.84. The highest BCUT2D eigenvalue weighted by atomic mass is 16.3. The molecule has 0 spiro atoms. The molecule has 1 rings (SSSR count). The quantitative estimate of drug-likeness (QED) is 0.729. The summed E-state index contributed by atoms with van der Waals surface area (Å²) in [7, 11) is 0. The highest BCUT2D eigenvalue weighted by molar-refractivity contribution is 5.84. The van der Waals surface area contributed by atoms with E-state index in [0.29, 0.717) is 0 Å². The van der Waals surface area contributed by atoms with Crippen molar-refractivity contribution in [3.8, 4) is 0 Å². The Bertz CT molecular complexity index is 169. The van der Waals surface area contributed by atoms with Gasteiger partial charge in [-0.05, 0) is 18.8 Å². The molecular formula is C11H20O2. The molecule has 0 aromatic carbocycles. The summed E-state index contributed by atoms with van der Waals surface area (Å²) in [5.41, 5.74) is 0. The highest BCUT2D eigenvalue weighted by Crippen LogP contribution is 2.27. The molecule has 1 aliphatic carbocycles. The van der Waals surface area contributed by atoms with Crippen molar-refractivity contribution in [1.29, 1.82) is 0 Å². The molecule has 1 aliphatic rings. The molecule has 0 radical (unpaired) electrons. The Hall–Kier alpha value is -0.370. The molecular weight excluding hydrogens is 164 g/mol. The second-order valence-electron chi connectivity index (χ2n) is 4.40. The zero-order valence-electron chi connectivity index (χ0n) is 8.62. The van der Waals surface area contributed by atoms with E-state index in [9.17, 15) is 9.90 Å². The first-order chi connectivity index (χ1) is 6.13. The van der Waals surface area contributed by atoms with Crippen LogP contribution in [0.1, 0.15) is 46.0 Å². The summed E-state index contributed by atoms with van der Waals surface area (Å²) in [6.45, 7) is 3.71. The van der Waals surface area contributed by atoms with E-state index in [4.69, 9.17) is 0 Å². The van der Waals surface area contributed by atoms with Gasteiger partial charge in [-0.1, -0.05) is 33.1 Å². The molecule has 0 saturated heterocycles. The van der Waals surface area contributed by atoms with Crippen LogP contribution in [0.15, 0.2) is 0 Å². The number of aliphatic hydroxyl groups excluding tert-OH is 1. The van der Waals surface area contributed by atoms with Gasteiger partial charge in [0.25, 0.3) is 0 Å². The molecule has 2 nitrogen and oxygen atoms in total. The van der Waals surface area contributed by atoms with Crippen molar-refractivity contribution in [1.82, 2.24) is 0 Å². The molecule has 1 atom stereocenters. The van der Waals surface area contributed by atoms with Crippen LogP contribution in [0.25, 0.3) is 0 Å². The van der Waals surface area contributed by atoms with Crippen LogP contribution < -0.4 is 0 Å². The largest absolute Gasteiger partial charge is 0.385 e. The molecule has 13 heavy (non-hydrogen) atoms. The van der Waals surface area contributed by atoms with Gasteiger partial charge in [-0.15, -0.1) is 0 Å². The first-order valence-corrected chi connectivity index (χ1v) is 5.34. The van der Waals surface area contributed by atoms with Gasteiger partial charge in [0.05, 0.1) is 0 Å². The third-order valence-electron chi connectivity index (χ3n) is 2.96. The van der Waals surface area contributed by atoms with E-state index in [-0.39, 0.29) is 17.6 Å². The molecule has 1 N–H and O–H groups in total. The lowest BCUT2D eigenvalue weighted by molar-refractivity contribution is -0.133. The van der Waals surface area contributed by atoms with E-state index in [1.807, 2.05) is 13.8 Å². The van der Waals surface area contributed by atoms with Gasteiger partial charge < -0.3 is 5.11 Å². The highest BCUT2D eigenvalue weighted by Gasteiger charge is 2.28. The molecule has 0 unspecified atom stereocenters. The van der Waals surface area contributed by atoms with E-state index >= 15 is 0 Å². The molecule has 0 aliphatic heterocycles. The first kappa shape index (κ1) is 10.7. The van der Waals surface area contributed by atoms with Gasteiger partial charge in [0, 0.05) is 5.92 Å². The second kappa shape index (κ2) is 4.75. The van der Waals surface area contributed by atoms with E-state index in [1.165, 1.54) is 19.3 Å². The van der Waals surface area contributed by atoms with Gasteiger partial charge in [0.2, 0.25) is 0 Å². The lowest BCUT2D eigenvalue weighted by atomic mass is 9.82. The van der Waals surface area contributed by atoms with Gasteiger partial charge in [0.1, 0.15) is 6.10 Å². The minimum atomic E-state index is -0.694. The minimum Gasteiger partial charge on any atom is -0.385 e. The average Bonchev–Trinajstić information content (AvgIpc) is 2.17. The van der Waals surface area contributed by atoms with Crippen molar-refractivity contribution in [2.75, 3.05) is 0 Å². The van der Waals surface area contributed by atoms with Gasteiger partial charge in [0.15, 0.2) is 5.78 Å². The van der Waals surface area contributed by atoms with Crippen molar-refractivity contribution < 1.29 is 9.90 Å². The molecule has 1 saturated carbocycles. The fraction of sp³-hybridized carbons (Fsp3) is 0.909. The van der Waals surface area contributed by atoms with Crippen LogP contribution in [0, 0.1) is 11.8 Å². The van der Waals surface area contributed by atoms with E-state index < -0.39 is 6.10 Å². The molecule has 0 amide bonds. The molecule has 0 aromatic heterocycles. The van der Waals surface area contributed by atoms with Crippen LogP contribution in [-0.2, 0) is 4.79 Å². The Labute approximate surface area is 80.3 Å². The normalized spacial score (nSPS) is 21.8. The van der Waals surface area contributed by atoms with Gasteiger partial charge in [-0.25, -0.2) is 0 Å². The monoisotopic (exact) mass is 184 g/mol. The summed E-state index contributed by atoms with van der Waals surface area (Å²) in [6, 6.07) is 0. The maximum absolute atomic E-state index is 11.5. The van der Waals surface area contributed by atoms with Crippen LogP contribution in [0.5, 0.6) is 0 Å². The third kappa shape index (κ3) is 2.80. The molecule has 2 heteroatoms. The third-order valence-corrected chi connectivity index (χ3v) is 2.96. The fourth-order valence-electron chi connectivity index (χ4n) is 2.02. The summed E-state index contributed by atoms with van der Waals surface area (Å²) in [5.74, 6) is 0.229. The van der Waals surface area contributed by atoms with Crippen molar-refractivity contribution in [2.45, 2.75) is 52.1 Å². The number of carbonyl (C=O) groups is 1. The number of ketones is 1. The summed E-state index contributed by atoms with van der Waals surface area (Å²) in [4.78, 5) is 11.5. The van der Waals surface area contributed by atoms with Crippen LogP contribution >= 0.6 is 0 Å². The van der Waals surface area contributed by atoms with Crippen LogP contribution in [0.2, 0.25) is 0 Å². The topological polar surface area (TPSA) is 37.3 Å².